The molecule has 1 aliphatic heterocycles. The molecule has 3 rings (SSSR count). The van der Waals surface area contributed by atoms with Gasteiger partial charge in [0, 0.05) is 12.6 Å². The van der Waals surface area contributed by atoms with Crippen LogP contribution < -0.4 is 5.32 Å². The summed E-state index contributed by atoms with van der Waals surface area (Å²) in [7, 11) is -3.80. The van der Waals surface area contributed by atoms with Crippen LogP contribution >= 0.6 is 0 Å². The minimum atomic E-state index is -3.80. The second-order valence-electron chi connectivity index (χ2n) is 7.28. The van der Waals surface area contributed by atoms with Gasteiger partial charge in [-0.1, -0.05) is 32.1 Å². The summed E-state index contributed by atoms with van der Waals surface area (Å²) >= 11 is 0. The van der Waals surface area contributed by atoms with E-state index in [-0.39, 0.29) is 16.8 Å². The third-order valence-electron chi connectivity index (χ3n) is 5.38. The minimum Gasteiger partial charge on any atom is -0.352 e. The van der Waals surface area contributed by atoms with Crippen LogP contribution in [0.3, 0.4) is 0 Å². The molecule has 1 amide bonds. The monoisotopic (exact) mass is 382 g/mol. The Labute approximate surface area is 155 Å². The normalized spacial score (nSPS) is 23.3. The van der Waals surface area contributed by atoms with Crippen LogP contribution in [-0.2, 0) is 14.8 Å². The van der Waals surface area contributed by atoms with Gasteiger partial charge in [0.05, 0.1) is 4.90 Å². The lowest BCUT2D eigenvalue weighted by Crippen LogP contribution is -2.48. The molecule has 1 aliphatic carbocycles. The first kappa shape index (κ1) is 19.3. The minimum absolute atomic E-state index is 0.0320. The van der Waals surface area contributed by atoms with Crippen molar-refractivity contribution in [3.8, 4) is 0 Å². The summed E-state index contributed by atoms with van der Waals surface area (Å²) < 4.78 is 40.1. The number of hydrogen-bond acceptors (Lipinski definition) is 3. The summed E-state index contributed by atoms with van der Waals surface area (Å²) in [6, 6.07) is 4.24. The number of sulfonamides is 1. The zero-order valence-electron chi connectivity index (χ0n) is 15.0. The van der Waals surface area contributed by atoms with E-state index in [1.54, 1.807) is 0 Å². The average molecular weight is 383 g/mol. The van der Waals surface area contributed by atoms with Gasteiger partial charge in [0.2, 0.25) is 15.9 Å². The largest absolute Gasteiger partial charge is 0.352 e. The zero-order valence-corrected chi connectivity index (χ0v) is 15.8. The first-order valence-corrected chi connectivity index (χ1v) is 11.0. The molecule has 1 unspecified atom stereocenters. The summed E-state index contributed by atoms with van der Waals surface area (Å²) in [6.07, 6.45) is 8.96. The van der Waals surface area contributed by atoms with Gasteiger partial charge in [0.15, 0.2) is 0 Å². The molecule has 1 N–H and O–H groups in total. The van der Waals surface area contributed by atoms with E-state index in [1.165, 1.54) is 35.7 Å². The topological polar surface area (TPSA) is 66.5 Å². The Morgan fingerprint density at radius 1 is 0.962 bits per heavy atom. The Morgan fingerprint density at radius 3 is 2.23 bits per heavy atom. The van der Waals surface area contributed by atoms with Crippen LogP contribution in [0.1, 0.15) is 57.8 Å². The van der Waals surface area contributed by atoms with Gasteiger partial charge in [-0.3, -0.25) is 4.79 Å². The molecule has 1 saturated carbocycles. The van der Waals surface area contributed by atoms with E-state index in [2.05, 4.69) is 5.32 Å². The predicted molar refractivity (Wildman–Crippen MR) is 97.6 cm³/mol. The molecular formula is C19H27FN2O3S. The number of hydrogen-bond donors (Lipinski definition) is 1. The highest BCUT2D eigenvalue weighted by molar-refractivity contribution is 7.89. The average Bonchev–Trinajstić information content (AvgIpc) is 3.08. The van der Waals surface area contributed by atoms with Crippen molar-refractivity contribution in [3.05, 3.63) is 30.1 Å². The Morgan fingerprint density at radius 2 is 1.58 bits per heavy atom. The summed E-state index contributed by atoms with van der Waals surface area (Å²) in [6.45, 7) is 0.322. The molecule has 1 aromatic carbocycles. The highest BCUT2D eigenvalue weighted by Gasteiger charge is 2.39. The predicted octanol–water partition coefficient (Wildman–Crippen LogP) is 3.21. The van der Waals surface area contributed by atoms with Gasteiger partial charge in [-0.05, 0) is 49.9 Å². The lowest BCUT2D eigenvalue weighted by Gasteiger charge is -2.27. The van der Waals surface area contributed by atoms with Crippen LogP contribution in [0.2, 0.25) is 0 Å². The van der Waals surface area contributed by atoms with Crippen molar-refractivity contribution >= 4 is 15.9 Å². The number of rotatable bonds is 4. The number of halogens is 1. The van der Waals surface area contributed by atoms with Crippen molar-refractivity contribution in [1.82, 2.24) is 9.62 Å². The van der Waals surface area contributed by atoms with Gasteiger partial charge >= 0.3 is 0 Å². The van der Waals surface area contributed by atoms with Crippen molar-refractivity contribution in [2.45, 2.75) is 74.8 Å². The van der Waals surface area contributed by atoms with E-state index < -0.39 is 21.9 Å². The summed E-state index contributed by atoms with van der Waals surface area (Å²) in [5.41, 5.74) is 0. The van der Waals surface area contributed by atoms with Crippen LogP contribution in [0.15, 0.2) is 29.2 Å². The highest BCUT2D eigenvalue weighted by Crippen LogP contribution is 2.27. The maximum absolute atomic E-state index is 13.1. The summed E-state index contributed by atoms with van der Waals surface area (Å²) in [5, 5.41) is 3.09. The second kappa shape index (κ2) is 8.48. The van der Waals surface area contributed by atoms with Crippen LogP contribution in [0.5, 0.6) is 0 Å². The molecular weight excluding hydrogens is 355 g/mol. The maximum atomic E-state index is 13.1. The molecule has 1 atom stereocenters. The van der Waals surface area contributed by atoms with E-state index in [0.29, 0.717) is 19.4 Å². The fraction of sp³-hybridized carbons (Fsp3) is 0.632. The molecule has 0 aromatic heterocycles. The van der Waals surface area contributed by atoms with Crippen molar-refractivity contribution in [3.63, 3.8) is 0 Å². The molecule has 0 bridgehead atoms. The lowest BCUT2D eigenvalue weighted by molar-refractivity contribution is -0.125. The fourth-order valence-corrected chi connectivity index (χ4v) is 5.59. The quantitative estimate of drug-likeness (QED) is 0.870. The number of benzene rings is 1. The summed E-state index contributed by atoms with van der Waals surface area (Å²) in [5.74, 6) is -0.678. The first-order chi connectivity index (χ1) is 12.5. The van der Waals surface area contributed by atoms with E-state index in [9.17, 15) is 17.6 Å². The molecule has 5 nitrogen and oxygen atoms in total. The number of amides is 1. The fourth-order valence-electron chi connectivity index (χ4n) is 3.93. The number of nitrogens with zero attached hydrogens (tertiary/aromatic N) is 1. The van der Waals surface area contributed by atoms with E-state index in [4.69, 9.17) is 0 Å². The van der Waals surface area contributed by atoms with Crippen LogP contribution in [0.4, 0.5) is 4.39 Å². The van der Waals surface area contributed by atoms with Crippen LogP contribution in [0, 0.1) is 5.82 Å². The SMILES string of the molecule is O=C(NC1CCCCCCC1)C1CCCN1S(=O)(=O)c1ccc(F)cc1. The standard InChI is InChI=1S/C19H27FN2O3S/c20-15-10-12-17(13-11-15)26(24,25)22-14-6-9-18(22)19(23)21-16-7-4-2-1-3-5-8-16/h10-13,16,18H,1-9,14H2,(H,21,23). The van der Waals surface area contributed by atoms with E-state index in [0.717, 1.165) is 37.8 Å². The van der Waals surface area contributed by atoms with Crippen LogP contribution in [-0.4, -0.2) is 37.3 Å². The third kappa shape index (κ3) is 4.43. The molecule has 0 spiro atoms. The molecule has 144 valence electrons. The molecule has 2 fully saturated rings. The Balaban J connectivity index is 1.70. The second-order valence-corrected chi connectivity index (χ2v) is 9.17. The molecule has 1 heterocycles. The smallest absolute Gasteiger partial charge is 0.243 e. The zero-order chi connectivity index (χ0) is 18.6. The van der Waals surface area contributed by atoms with E-state index >= 15 is 0 Å². The number of carbonyl (C=O) groups excluding carboxylic acids is 1. The highest BCUT2D eigenvalue weighted by atomic mass is 32.2. The molecule has 1 aromatic rings. The Kier molecular flexibility index (Phi) is 6.29. The van der Waals surface area contributed by atoms with Gasteiger partial charge < -0.3 is 5.32 Å². The summed E-state index contributed by atoms with van der Waals surface area (Å²) in [4.78, 5) is 12.8. The van der Waals surface area contributed by atoms with Gasteiger partial charge in [-0.25, -0.2) is 12.8 Å². The molecule has 7 heteroatoms. The van der Waals surface area contributed by atoms with Crippen LogP contribution in [0.25, 0.3) is 0 Å². The molecule has 0 radical (unpaired) electrons. The Hall–Kier alpha value is -1.47. The first-order valence-electron chi connectivity index (χ1n) is 9.56. The van der Waals surface area contributed by atoms with E-state index in [1.807, 2.05) is 0 Å². The van der Waals surface area contributed by atoms with Gasteiger partial charge in [-0.2, -0.15) is 4.31 Å². The molecule has 1 saturated heterocycles. The van der Waals surface area contributed by atoms with Gasteiger partial charge in [0.1, 0.15) is 11.9 Å². The number of carbonyl (C=O) groups is 1. The van der Waals surface area contributed by atoms with Gasteiger partial charge in [0.25, 0.3) is 0 Å². The van der Waals surface area contributed by atoms with Crippen molar-refractivity contribution in [2.75, 3.05) is 6.54 Å². The third-order valence-corrected chi connectivity index (χ3v) is 7.30. The lowest BCUT2D eigenvalue weighted by atomic mass is 9.96. The maximum Gasteiger partial charge on any atom is 0.243 e. The molecule has 2 aliphatic rings. The molecule has 26 heavy (non-hydrogen) atoms. The van der Waals surface area contributed by atoms with Crippen molar-refractivity contribution in [1.29, 1.82) is 0 Å². The van der Waals surface area contributed by atoms with Crippen molar-refractivity contribution in [2.24, 2.45) is 0 Å². The Bertz CT molecular complexity index is 713. The van der Waals surface area contributed by atoms with Crippen molar-refractivity contribution < 1.29 is 17.6 Å². The van der Waals surface area contributed by atoms with Gasteiger partial charge in [-0.15, -0.1) is 0 Å². The number of nitrogens with one attached hydrogen (secondary N) is 1.